The number of pyridine rings is 2. The molecular weight excluding hydrogens is 328 g/mol. The van der Waals surface area contributed by atoms with E-state index < -0.39 is 0 Å². The second kappa shape index (κ2) is 9.08. The van der Waals surface area contributed by atoms with Crippen LogP contribution in [-0.2, 0) is 6.54 Å². The Balaban J connectivity index is 1.59. The Kier molecular flexibility index (Phi) is 6.30. The molecule has 0 spiro atoms. The minimum Gasteiger partial charge on any atom is -0.348 e. The topological polar surface area (TPSA) is 84.0 Å². The minimum atomic E-state index is -0.320. The zero-order valence-corrected chi connectivity index (χ0v) is 14.8. The number of nitrogens with one attached hydrogen (secondary N) is 2. The second-order valence-corrected chi connectivity index (χ2v) is 6.57. The van der Waals surface area contributed by atoms with E-state index in [2.05, 4.69) is 20.6 Å². The van der Waals surface area contributed by atoms with E-state index in [9.17, 15) is 9.59 Å². The van der Waals surface area contributed by atoms with Crippen LogP contribution in [0.4, 0.5) is 0 Å². The molecule has 1 fully saturated rings. The first kappa shape index (κ1) is 18.0. The molecule has 2 aromatic heterocycles. The Morgan fingerprint density at radius 2 is 1.65 bits per heavy atom. The normalized spacial score (nSPS) is 15.1. The molecule has 0 atom stereocenters. The number of hydrogen-bond donors (Lipinski definition) is 2. The fourth-order valence-electron chi connectivity index (χ4n) is 3.13. The molecule has 0 radical (unpaired) electrons. The molecule has 0 bridgehead atoms. The summed E-state index contributed by atoms with van der Waals surface area (Å²) < 4.78 is 0. The van der Waals surface area contributed by atoms with Gasteiger partial charge in [-0.05, 0) is 37.1 Å². The van der Waals surface area contributed by atoms with Crippen molar-refractivity contribution in [1.82, 2.24) is 20.6 Å². The predicted molar refractivity (Wildman–Crippen MR) is 98.6 cm³/mol. The Morgan fingerprint density at radius 1 is 0.923 bits per heavy atom. The van der Waals surface area contributed by atoms with Crippen LogP contribution in [0.1, 0.15) is 65.2 Å². The van der Waals surface area contributed by atoms with Crippen LogP contribution in [0.25, 0.3) is 0 Å². The van der Waals surface area contributed by atoms with E-state index in [0.717, 1.165) is 31.4 Å². The summed E-state index contributed by atoms with van der Waals surface area (Å²) in [5, 5.41) is 5.83. The van der Waals surface area contributed by atoms with Crippen molar-refractivity contribution in [2.75, 3.05) is 0 Å². The highest BCUT2D eigenvalue weighted by atomic mass is 16.2. The molecule has 3 rings (SSSR count). The van der Waals surface area contributed by atoms with Crippen molar-refractivity contribution in [2.24, 2.45) is 0 Å². The Hall–Kier alpha value is -2.76. The van der Waals surface area contributed by atoms with Gasteiger partial charge in [-0.2, -0.15) is 0 Å². The third-order valence-electron chi connectivity index (χ3n) is 4.56. The average Bonchev–Trinajstić information content (AvgIpc) is 2.95. The molecule has 2 aromatic rings. The molecule has 26 heavy (non-hydrogen) atoms. The monoisotopic (exact) mass is 352 g/mol. The van der Waals surface area contributed by atoms with Crippen LogP contribution in [0.15, 0.2) is 42.6 Å². The van der Waals surface area contributed by atoms with Crippen LogP contribution in [0.5, 0.6) is 0 Å². The number of carbonyl (C=O) groups excluding carboxylic acids is 2. The van der Waals surface area contributed by atoms with E-state index >= 15 is 0 Å². The van der Waals surface area contributed by atoms with Gasteiger partial charge in [0.25, 0.3) is 11.8 Å². The van der Waals surface area contributed by atoms with Gasteiger partial charge in [-0.1, -0.05) is 37.8 Å². The lowest BCUT2D eigenvalue weighted by molar-refractivity contribution is 0.0927. The summed E-state index contributed by atoms with van der Waals surface area (Å²) in [7, 11) is 0. The van der Waals surface area contributed by atoms with Gasteiger partial charge in [-0.25, -0.2) is 4.98 Å². The largest absolute Gasteiger partial charge is 0.348 e. The maximum Gasteiger partial charge on any atom is 0.270 e. The van der Waals surface area contributed by atoms with Gasteiger partial charge in [0.05, 0.1) is 12.2 Å². The highest BCUT2D eigenvalue weighted by molar-refractivity contribution is 5.96. The zero-order valence-electron chi connectivity index (χ0n) is 14.8. The molecule has 2 heterocycles. The van der Waals surface area contributed by atoms with Gasteiger partial charge in [-0.3, -0.25) is 14.6 Å². The molecule has 2 amide bonds. The van der Waals surface area contributed by atoms with Crippen LogP contribution in [0.3, 0.4) is 0 Å². The molecule has 6 heteroatoms. The van der Waals surface area contributed by atoms with Crippen molar-refractivity contribution in [3.8, 4) is 0 Å². The number of hydrogen-bond acceptors (Lipinski definition) is 4. The Morgan fingerprint density at radius 3 is 2.35 bits per heavy atom. The van der Waals surface area contributed by atoms with Gasteiger partial charge in [0.1, 0.15) is 11.4 Å². The first-order valence-electron chi connectivity index (χ1n) is 9.18. The van der Waals surface area contributed by atoms with Crippen molar-refractivity contribution < 1.29 is 9.59 Å². The lowest BCUT2D eigenvalue weighted by Gasteiger charge is -2.16. The van der Waals surface area contributed by atoms with Gasteiger partial charge in [-0.15, -0.1) is 0 Å². The quantitative estimate of drug-likeness (QED) is 0.811. The van der Waals surface area contributed by atoms with Gasteiger partial charge in [0.15, 0.2) is 0 Å². The lowest BCUT2D eigenvalue weighted by atomic mass is 10.1. The Bertz CT molecular complexity index is 740. The van der Waals surface area contributed by atoms with Crippen LogP contribution >= 0.6 is 0 Å². The molecule has 1 aliphatic rings. The van der Waals surface area contributed by atoms with Gasteiger partial charge < -0.3 is 10.6 Å². The zero-order chi connectivity index (χ0) is 18.2. The Labute approximate surface area is 153 Å². The fourth-order valence-corrected chi connectivity index (χ4v) is 3.13. The summed E-state index contributed by atoms with van der Waals surface area (Å²) in [5.41, 5.74) is 1.28. The molecule has 0 aliphatic heterocycles. The maximum absolute atomic E-state index is 12.5. The van der Waals surface area contributed by atoms with Gasteiger partial charge in [0.2, 0.25) is 0 Å². The van der Waals surface area contributed by atoms with E-state index in [1.807, 2.05) is 18.2 Å². The van der Waals surface area contributed by atoms with Crippen LogP contribution < -0.4 is 10.6 Å². The highest BCUT2D eigenvalue weighted by Gasteiger charge is 2.17. The summed E-state index contributed by atoms with van der Waals surface area (Å²) >= 11 is 0. The molecule has 0 unspecified atom stereocenters. The van der Waals surface area contributed by atoms with Crippen molar-refractivity contribution in [3.05, 3.63) is 59.7 Å². The number of aromatic nitrogens is 2. The molecule has 1 aliphatic carbocycles. The van der Waals surface area contributed by atoms with Crippen molar-refractivity contribution in [3.63, 3.8) is 0 Å². The summed E-state index contributed by atoms with van der Waals surface area (Å²) in [4.78, 5) is 33.2. The molecule has 1 saturated carbocycles. The van der Waals surface area contributed by atoms with Gasteiger partial charge in [0, 0.05) is 12.2 Å². The smallest absolute Gasteiger partial charge is 0.270 e. The molecule has 6 nitrogen and oxygen atoms in total. The minimum absolute atomic E-state index is 0.202. The molecule has 0 aromatic carbocycles. The van der Waals surface area contributed by atoms with E-state index in [4.69, 9.17) is 0 Å². The van der Waals surface area contributed by atoms with E-state index in [-0.39, 0.29) is 29.2 Å². The number of amides is 2. The number of carbonyl (C=O) groups is 2. The lowest BCUT2D eigenvalue weighted by Crippen LogP contribution is -2.35. The number of nitrogens with zero attached hydrogens (tertiary/aromatic N) is 2. The standard InChI is InChI=1S/C20H24N4O2/c25-19(22-14-16-10-5-6-13-21-16)17-11-7-12-18(24-17)20(26)23-15-8-3-1-2-4-9-15/h5-7,10-13,15H,1-4,8-9,14H2,(H,22,25)(H,23,26). The van der Waals surface area contributed by atoms with Gasteiger partial charge >= 0.3 is 0 Å². The average molecular weight is 352 g/mol. The first-order chi connectivity index (χ1) is 12.7. The fraction of sp³-hybridized carbons (Fsp3) is 0.400. The highest BCUT2D eigenvalue weighted by Crippen LogP contribution is 2.17. The summed E-state index contributed by atoms with van der Waals surface area (Å²) in [5.74, 6) is -0.531. The SMILES string of the molecule is O=C(NCc1ccccn1)c1cccc(C(=O)NC2CCCCCC2)n1. The molecule has 0 saturated heterocycles. The number of rotatable bonds is 5. The van der Waals surface area contributed by atoms with E-state index in [0.29, 0.717) is 6.54 Å². The van der Waals surface area contributed by atoms with E-state index in [1.165, 1.54) is 12.8 Å². The summed E-state index contributed by atoms with van der Waals surface area (Å²) in [6.45, 7) is 0.319. The predicted octanol–water partition coefficient (Wildman–Crippen LogP) is 2.86. The first-order valence-corrected chi connectivity index (χ1v) is 9.18. The summed E-state index contributed by atoms with van der Waals surface area (Å²) in [6, 6.07) is 10.7. The van der Waals surface area contributed by atoms with E-state index in [1.54, 1.807) is 24.4 Å². The second-order valence-electron chi connectivity index (χ2n) is 6.57. The van der Waals surface area contributed by atoms with Crippen LogP contribution in [-0.4, -0.2) is 27.8 Å². The van der Waals surface area contributed by atoms with Crippen LogP contribution in [0, 0.1) is 0 Å². The third-order valence-corrected chi connectivity index (χ3v) is 4.56. The third kappa shape index (κ3) is 5.12. The maximum atomic E-state index is 12.5. The van der Waals surface area contributed by atoms with Crippen molar-refractivity contribution >= 4 is 11.8 Å². The van der Waals surface area contributed by atoms with Crippen molar-refractivity contribution in [1.29, 1.82) is 0 Å². The molecule has 136 valence electrons. The summed E-state index contributed by atoms with van der Waals surface area (Å²) in [6.07, 6.45) is 8.46. The van der Waals surface area contributed by atoms with Crippen molar-refractivity contribution in [2.45, 2.75) is 51.1 Å². The molecular formula is C20H24N4O2. The molecule has 2 N–H and O–H groups in total. The van der Waals surface area contributed by atoms with Crippen LogP contribution in [0.2, 0.25) is 0 Å².